The van der Waals surface area contributed by atoms with Crippen LogP contribution in [0.3, 0.4) is 0 Å². The van der Waals surface area contributed by atoms with Crippen LogP contribution in [0.15, 0.2) is 40.9 Å². The van der Waals surface area contributed by atoms with Gasteiger partial charge < -0.3 is 10.5 Å². The average molecular weight is 313 g/mol. The van der Waals surface area contributed by atoms with Crippen molar-refractivity contribution in [2.75, 3.05) is 13.2 Å². The second-order valence-electron chi connectivity index (χ2n) is 3.90. The lowest BCUT2D eigenvalue weighted by Gasteiger charge is -2.07. The van der Waals surface area contributed by atoms with Crippen LogP contribution >= 0.6 is 11.3 Å². The van der Waals surface area contributed by atoms with E-state index in [9.17, 15) is 8.42 Å². The number of benzene rings is 1. The lowest BCUT2D eigenvalue weighted by Crippen LogP contribution is -2.22. The number of nitrogens with zero attached hydrogens (tertiary/aromatic N) is 1. The second kappa shape index (κ2) is 6.80. The Kier molecular flexibility index (Phi) is 5.07. The molecule has 0 aliphatic heterocycles. The first-order valence-electron chi connectivity index (χ1n) is 5.92. The Bertz CT molecular complexity index is 624. The maximum Gasteiger partial charge on any atom is 0.240 e. The molecule has 1 aromatic heterocycles. The molecule has 6 nitrogen and oxygen atoms in total. The molecule has 2 rings (SSSR count). The molecule has 0 aliphatic carbocycles. The van der Waals surface area contributed by atoms with E-state index in [-0.39, 0.29) is 11.4 Å². The Hall–Kier alpha value is -1.48. The average Bonchev–Trinajstić information content (AvgIpc) is 2.97. The van der Waals surface area contributed by atoms with E-state index >= 15 is 0 Å². The molecule has 0 saturated carbocycles. The Balaban J connectivity index is 2.01. The maximum absolute atomic E-state index is 12.1. The normalized spacial score (nSPS) is 11.4. The summed E-state index contributed by atoms with van der Waals surface area (Å²) < 4.78 is 31.9. The van der Waals surface area contributed by atoms with Gasteiger partial charge in [0.25, 0.3) is 0 Å². The molecule has 0 atom stereocenters. The highest BCUT2D eigenvalue weighted by molar-refractivity contribution is 7.89. The summed E-state index contributed by atoms with van der Waals surface area (Å²) in [6.07, 6.45) is 1.64. The fraction of sp³-hybridized carbons (Fsp3) is 0.250. The van der Waals surface area contributed by atoms with Gasteiger partial charge in [0, 0.05) is 24.2 Å². The molecular weight excluding hydrogens is 298 g/mol. The van der Waals surface area contributed by atoms with Crippen molar-refractivity contribution in [2.24, 2.45) is 5.73 Å². The monoisotopic (exact) mass is 313 g/mol. The molecule has 0 saturated heterocycles. The van der Waals surface area contributed by atoms with Crippen molar-refractivity contribution in [2.45, 2.75) is 11.4 Å². The van der Waals surface area contributed by atoms with Crippen molar-refractivity contribution in [1.82, 2.24) is 9.71 Å². The van der Waals surface area contributed by atoms with E-state index < -0.39 is 10.0 Å². The first-order valence-corrected chi connectivity index (χ1v) is 8.28. The molecule has 8 heteroatoms. The van der Waals surface area contributed by atoms with Gasteiger partial charge in [-0.25, -0.2) is 13.1 Å². The molecule has 0 bridgehead atoms. The summed E-state index contributed by atoms with van der Waals surface area (Å²) in [4.78, 5) is 4.95. The molecule has 20 heavy (non-hydrogen) atoms. The van der Waals surface area contributed by atoms with Crippen molar-refractivity contribution in [3.8, 4) is 5.75 Å². The van der Waals surface area contributed by atoms with Gasteiger partial charge in [-0.3, -0.25) is 4.98 Å². The Labute approximate surface area is 121 Å². The van der Waals surface area contributed by atoms with Crippen LogP contribution in [0.2, 0.25) is 0 Å². The van der Waals surface area contributed by atoms with Gasteiger partial charge in [0.2, 0.25) is 10.0 Å². The summed E-state index contributed by atoms with van der Waals surface area (Å²) >= 11 is 1.40. The molecule has 108 valence electrons. The van der Waals surface area contributed by atoms with Crippen LogP contribution in [0.25, 0.3) is 0 Å². The summed E-state index contributed by atoms with van der Waals surface area (Å²) in [6, 6.07) is 6.22. The van der Waals surface area contributed by atoms with E-state index in [1.54, 1.807) is 23.8 Å². The van der Waals surface area contributed by atoms with Gasteiger partial charge >= 0.3 is 0 Å². The third-order valence-corrected chi connectivity index (χ3v) is 4.64. The Morgan fingerprint density at radius 1 is 1.30 bits per heavy atom. The number of hydrogen-bond acceptors (Lipinski definition) is 6. The van der Waals surface area contributed by atoms with Crippen LogP contribution in [0, 0.1) is 0 Å². The lowest BCUT2D eigenvalue weighted by atomic mass is 10.3. The van der Waals surface area contributed by atoms with Crippen LogP contribution in [0.5, 0.6) is 5.75 Å². The second-order valence-corrected chi connectivity index (χ2v) is 6.64. The number of hydrogen-bond donors (Lipinski definition) is 2. The maximum atomic E-state index is 12.1. The first kappa shape index (κ1) is 14.9. The highest BCUT2D eigenvalue weighted by Crippen LogP contribution is 2.16. The zero-order valence-electron chi connectivity index (χ0n) is 10.7. The molecular formula is C12H15N3O3S2. The zero-order valence-corrected chi connectivity index (χ0v) is 12.3. The van der Waals surface area contributed by atoms with Crippen molar-refractivity contribution < 1.29 is 13.2 Å². The molecule has 0 fully saturated rings. The molecule has 0 amide bonds. The zero-order chi connectivity index (χ0) is 14.4. The van der Waals surface area contributed by atoms with Crippen LogP contribution in [-0.4, -0.2) is 26.6 Å². The van der Waals surface area contributed by atoms with Crippen LogP contribution in [0.1, 0.15) is 4.88 Å². The number of rotatable bonds is 7. The van der Waals surface area contributed by atoms with E-state index in [1.165, 1.54) is 23.5 Å². The molecule has 0 radical (unpaired) electrons. The van der Waals surface area contributed by atoms with Gasteiger partial charge in [-0.1, -0.05) is 0 Å². The predicted molar refractivity (Wildman–Crippen MR) is 77.1 cm³/mol. The predicted octanol–water partition coefficient (Wildman–Crippen LogP) is 0.959. The molecule has 0 unspecified atom stereocenters. The van der Waals surface area contributed by atoms with Crippen molar-refractivity contribution in [3.63, 3.8) is 0 Å². The number of nitrogens with two attached hydrogens (primary N) is 1. The minimum Gasteiger partial charge on any atom is -0.492 e. The third kappa shape index (κ3) is 4.01. The quantitative estimate of drug-likeness (QED) is 0.794. The van der Waals surface area contributed by atoms with Gasteiger partial charge in [-0.2, -0.15) is 0 Å². The van der Waals surface area contributed by atoms with E-state index in [1.807, 2.05) is 0 Å². The fourth-order valence-corrected chi connectivity index (χ4v) is 3.10. The number of ether oxygens (including phenoxy) is 1. The Morgan fingerprint density at radius 2 is 2.05 bits per heavy atom. The van der Waals surface area contributed by atoms with Crippen molar-refractivity contribution >= 4 is 21.4 Å². The van der Waals surface area contributed by atoms with E-state index in [0.29, 0.717) is 18.9 Å². The first-order chi connectivity index (χ1) is 9.62. The van der Waals surface area contributed by atoms with E-state index in [4.69, 9.17) is 10.5 Å². The van der Waals surface area contributed by atoms with Gasteiger partial charge in [-0.05, 0) is 24.3 Å². The van der Waals surface area contributed by atoms with Crippen LogP contribution < -0.4 is 15.2 Å². The van der Waals surface area contributed by atoms with Crippen LogP contribution in [-0.2, 0) is 16.6 Å². The van der Waals surface area contributed by atoms with Gasteiger partial charge in [0.15, 0.2) is 0 Å². The molecule has 1 aromatic carbocycles. The molecule has 3 N–H and O–H groups in total. The van der Waals surface area contributed by atoms with Crippen LogP contribution in [0.4, 0.5) is 0 Å². The summed E-state index contributed by atoms with van der Waals surface area (Å²) in [5, 5.41) is 0. The van der Waals surface area contributed by atoms with E-state index in [0.717, 1.165) is 4.88 Å². The highest BCUT2D eigenvalue weighted by Gasteiger charge is 2.13. The van der Waals surface area contributed by atoms with Gasteiger partial charge in [-0.15, -0.1) is 11.3 Å². The van der Waals surface area contributed by atoms with Crippen molar-refractivity contribution in [1.29, 1.82) is 0 Å². The standard InChI is InChI=1S/C12H15N3O3S2/c13-5-6-18-10-1-3-12(4-2-10)20(16,17)15-8-11-7-14-9-19-11/h1-4,7,9,15H,5-6,8,13H2. The molecule has 1 heterocycles. The number of sulfonamides is 1. The number of aromatic nitrogens is 1. The van der Waals surface area contributed by atoms with Crippen molar-refractivity contribution in [3.05, 3.63) is 40.8 Å². The van der Waals surface area contributed by atoms with Gasteiger partial charge in [0.05, 0.1) is 10.4 Å². The largest absolute Gasteiger partial charge is 0.492 e. The fourth-order valence-electron chi connectivity index (χ4n) is 1.47. The summed E-state index contributed by atoms with van der Waals surface area (Å²) in [5.41, 5.74) is 6.99. The molecule has 2 aromatic rings. The van der Waals surface area contributed by atoms with Gasteiger partial charge in [0.1, 0.15) is 12.4 Å². The summed E-state index contributed by atoms with van der Waals surface area (Å²) in [7, 11) is -3.52. The Morgan fingerprint density at radius 3 is 2.65 bits per heavy atom. The highest BCUT2D eigenvalue weighted by atomic mass is 32.2. The summed E-state index contributed by atoms with van der Waals surface area (Å²) in [6.45, 7) is 1.05. The lowest BCUT2D eigenvalue weighted by molar-refractivity contribution is 0.328. The SMILES string of the molecule is NCCOc1ccc(S(=O)(=O)NCc2cncs2)cc1. The summed E-state index contributed by atoms with van der Waals surface area (Å²) in [5.74, 6) is 0.594. The minimum absolute atomic E-state index is 0.196. The smallest absolute Gasteiger partial charge is 0.240 e. The number of thiazole rings is 1. The third-order valence-electron chi connectivity index (χ3n) is 2.44. The molecule has 0 aliphatic rings. The number of nitrogens with one attached hydrogen (secondary N) is 1. The minimum atomic E-state index is -3.52. The van der Waals surface area contributed by atoms with E-state index in [2.05, 4.69) is 9.71 Å². The topological polar surface area (TPSA) is 94.3 Å². The molecule has 0 spiro atoms.